The highest BCUT2D eigenvalue weighted by atomic mass is 19.1. The van der Waals surface area contributed by atoms with Gasteiger partial charge in [-0.25, -0.2) is 18.7 Å². The number of aromatic amines is 1. The Balaban J connectivity index is 1.38. The number of nitrogens with one attached hydrogen (secondary N) is 2. The van der Waals surface area contributed by atoms with E-state index in [1.54, 1.807) is 0 Å². The van der Waals surface area contributed by atoms with E-state index >= 15 is 0 Å². The molecule has 1 saturated heterocycles. The molecule has 5 rings (SSSR count). The van der Waals surface area contributed by atoms with E-state index in [4.69, 9.17) is 0 Å². The minimum Gasteiger partial charge on any atom is -0.349 e. The molecule has 144 valence electrons. The highest BCUT2D eigenvalue weighted by molar-refractivity contribution is 5.57. The normalized spacial score (nSPS) is 19.2. The molecule has 2 aromatic heterocycles. The summed E-state index contributed by atoms with van der Waals surface area (Å²) in [4.78, 5) is 10.7. The van der Waals surface area contributed by atoms with E-state index in [0.29, 0.717) is 28.9 Å². The van der Waals surface area contributed by atoms with Gasteiger partial charge in [0.05, 0.1) is 6.04 Å². The summed E-state index contributed by atoms with van der Waals surface area (Å²) in [6.07, 6.45) is 5.60. The van der Waals surface area contributed by atoms with E-state index in [2.05, 4.69) is 25.5 Å². The zero-order chi connectivity index (χ0) is 19.1. The van der Waals surface area contributed by atoms with E-state index in [-0.39, 0.29) is 6.04 Å². The lowest BCUT2D eigenvalue weighted by Crippen LogP contribution is -2.24. The fraction of sp³-hybridized carbons (Fsp3) is 0.350. The minimum atomic E-state index is -0.566. The number of aromatic nitrogens is 4. The summed E-state index contributed by atoms with van der Waals surface area (Å²) >= 11 is 0. The van der Waals surface area contributed by atoms with Gasteiger partial charge in [0.1, 0.15) is 29.6 Å². The van der Waals surface area contributed by atoms with Crippen LogP contribution in [0, 0.1) is 11.6 Å². The Labute approximate surface area is 161 Å². The van der Waals surface area contributed by atoms with Crippen LogP contribution < -0.4 is 10.2 Å². The van der Waals surface area contributed by atoms with Crippen LogP contribution in [0.1, 0.15) is 48.9 Å². The summed E-state index contributed by atoms with van der Waals surface area (Å²) in [5, 5.41) is 10.5. The van der Waals surface area contributed by atoms with Crippen molar-refractivity contribution in [3.05, 3.63) is 59.6 Å². The van der Waals surface area contributed by atoms with Gasteiger partial charge in [0, 0.05) is 41.9 Å². The second-order valence-electron chi connectivity index (χ2n) is 7.39. The first-order valence-corrected chi connectivity index (χ1v) is 9.53. The molecule has 0 spiro atoms. The molecule has 1 aliphatic heterocycles. The fourth-order valence-corrected chi connectivity index (χ4v) is 3.84. The summed E-state index contributed by atoms with van der Waals surface area (Å²) in [5.41, 5.74) is 1.64. The van der Waals surface area contributed by atoms with E-state index in [0.717, 1.165) is 31.1 Å². The monoisotopic (exact) mass is 382 g/mol. The molecule has 2 aliphatic rings. The minimum absolute atomic E-state index is 0.171. The zero-order valence-electron chi connectivity index (χ0n) is 15.2. The maximum atomic E-state index is 14.3. The molecule has 0 amide bonds. The Morgan fingerprint density at radius 1 is 1.04 bits per heavy atom. The van der Waals surface area contributed by atoms with Crippen LogP contribution >= 0.6 is 0 Å². The van der Waals surface area contributed by atoms with Crippen LogP contribution in [0.5, 0.6) is 0 Å². The smallest absolute Gasteiger partial charge is 0.153 e. The molecule has 0 bridgehead atoms. The van der Waals surface area contributed by atoms with E-state index in [9.17, 15) is 8.78 Å². The molecule has 3 aromatic rings. The van der Waals surface area contributed by atoms with Crippen molar-refractivity contribution in [2.45, 2.75) is 37.6 Å². The van der Waals surface area contributed by atoms with Gasteiger partial charge in [0.25, 0.3) is 0 Å². The molecule has 1 aromatic carbocycles. The molecule has 1 aliphatic carbocycles. The molecule has 1 atom stereocenters. The predicted octanol–water partition coefficient (Wildman–Crippen LogP) is 4.44. The maximum absolute atomic E-state index is 14.3. The van der Waals surface area contributed by atoms with Crippen molar-refractivity contribution in [1.82, 2.24) is 20.2 Å². The van der Waals surface area contributed by atoms with Crippen LogP contribution in [0.3, 0.4) is 0 Å². The molecule has 2 fully saturated rings. The van der Waals surface area contributed by atoms with Gasteiger partial charge in [0.2, 0.25) is 0 Å². The van der Waals surface area contributed by atoms with Gasteiger partial charge in [-0.15, -0.1) is 0 Å². The third-order valence-corrected chi connectivity index (χ3v) is 5.39. The number of anilines is 3. The second kappa shape index (κ2) is 6.85. The lowest BCUT2D eigenvalue weighted by Gasteiger charge is -2.26. The molecule has 0 radical (unpaired) electrons. The van der Waals surface area contributed by atoms with Crippen LogP contribution in [-0.4, -0.2) is 26.7 Å². The highest BCUT2D eigenvalue weighted by Crippen LogP contribution is 2.40. The zero-order valence-corrected chi connectivity index (χ0v) is 15.2. The van der Waals surface area contributed by atoms with Crippen molar-refractivity contribution < 1.29 is 8.78 Å². The third kappa shape index (κ3) is 3.30. The van der Waals surface area contributed by atoms with Crippen molar-refractivity contribution in [3.63, 3.8) is 0 Å². The third-order valence-electron chi connectivity index (χ3n) is 5.39. The molecule has 8 heteroatoms. The SMILES string of the molecule is Fc1ccc(C2CCCN2c2cc(Nc3cc(C4CC4)[nH]n3)ncn2)c(F)c1. The number of hydrogen-bond acceptors (Lipinski definition) is 5. The van der Waals surface area contributed by atoms with E-state index in [1.165, 1.54) is 31.3 Å². The molecule has 28 heavy (non-hydrogen) atoms. The average Bonchev–Trinajstić information content (AvgIpc) is 3.23. The molecule has 1 saturated carbocycles. The highest BCUT2D eigenvalue weighted by Gasteiger charge is 2.30. The topological polar surface area (TPSA) is 69.7 Å². The summed E-state index contributed by atoms with van der Waals surface area (Å²) < 4.78 is 27.6. The number of H-pyrrole nitrogens is 1. The van der Waals surface area contributed by atoms with Crippen LogP contribution in [0.4, 0.5) is 26.2 Å². The number of rotatable bonds is 5. The van der Waals surface area contributed by atoms with E-state index < -0.39 is 11.6 Å². The summed E-state index contributed by atoms with van der Waals surface area (Å²) in [6.45, 7) is 0.756. The van der Waals surface area contributed by atoms with Crippen molar-refractivity contribution in [2.75, 3.05) is 16.8 Å². The lowest BCUT2D eigenvalue weighted by atomic mass is 10.0. The van der Waals surface area contributed by atoms with Gasteiger partial charge in [-0.3, -0.25) is 5.10 Å². The Bertz CT molecular complexity index is 1000. The fourth-order valence-electron chi connectivity index (χ4n) is 3.84. The Kier molecular flexibility index (Phi) is 4.18. The first-order valence-electron chi connectivity index (χ1n) is 9.53. The lowest BCUT2D eigenvalue weighted by molar-refractivity contribution is 0.553. The average molecular weight is 382 g/mol. The molecule has 1 unspecified atom stereocenters. The molecular weight excluding hydrogens is 362 g/mol. The van der Waals surface area contributed by atoms with Crippen LogP contribution in [0.2, 0.25) is 0 Å². The van der Waals surface area contributed by atoms with Crippen LogP contribution in [-0.2, 0) is 0 Å². The molecule has 6 nitrogen and oxygen atoms in total. The van der Waals surface area contributed by atoms with Gasteiger partial charge < -0.3 is 10.2 Å². The van der Waals surface area contributed by atoms with Crippen molar-refractivity contribution >= 4 is 17.5 Å². The Morgan fingerprint density at radius 3 is 2.75 bits per heavy atom. The van der Waals surface area contributed by atoms with Gasteiger partial charge in [-0.1, -0.05) is 6.07 Å². The van der Waals surface area contributed by atoms with Gasteiger partial charge in [0.15, 0.2) is 5.82 Å². The van der Waals surface area contributed by atoms with Crippen molar-refractivity contribution in [1.29, 1.82) is 0 Å². The second-order valence-corrected chi connectivity index (χ2v) is 7.39. The maximum Gasteiger partial charge on any atom is 0.153 e. The Morgan fingerprint density at radius 2 is 1.93 bits per heavy atom. The summed E-state index contributed by atoms with van der Waals surface area (Å²) in [6, 6.07) is 7.44. The molecular formula is C20H20F2N6. The largest absolute Gasteiger partial charge is 0.349 e. The van der Waals surface area contributed by atoms with Crippen molar-refractivity contribution in [2.24, 2.45) is 0 Å². The molecule has 3 heterocycles. The van der Waals surface area contributed by atoms with Crippen LogP contribution in [0.25, 0.3) is 0 Å². The van der Waals surface area contributed by atoms with Gasteiger partial charge in [-0.05, 0) is 31.7 Å². The van der Waals surface area contributed by atoms with Crippen molar-refractivity contribution in [3.8, 4) is 0 Å². The van der Waals surface area contributed by atoms with Gasteiger partial charge in [-0.2, -0.15) is 5.10 Å². The Hall–Kier alpha value is -3.03. The first kappa shape index (κ1) is 17.1. The van der Waals surface area contributed by atoms with E-state index in [1.807, 2.05) is 17.0 Å². The molecule has 2 N–H and O–H groups in total. The standard InChI is InChI=1S/C20H20F2N6/c21-13-5-6-14(15(22)8-13)17-2-1-7-28(17)20-10-18(23-11-24-20)25-19-9-16(26-27-19)12-3-4-12/h5-6,8-12,17H,1-4,7H2,(H2,23,24,25,26,27). The summed E-state index contributed by atoms with van der Waals surface area (Å²) in [5.74, 6) is 1.57. The van der Waals surface area contributed by atoms with Gasteiger partial charge >= 0.3 is 0 Å². The number of benzene rings is 1. The number of nitrogens with zero attached hydrogens (tertiary/aromatic N) is 4. The van der Waals surface area contributed by atoms with Crippen LogP contribution in [0.15, 0.2) is 36.7 Å². The number of halogens is 2. The predicted molar refractivity (Wildman–Crippen MR) is 102 cm³/mol. The quantitative estimate of drug-likeness (QED) is 0.683. The first-order chi connectivity index (χ1) is 13.7. The number of hydrogen-bond donors (Lipinski definition) is 2. The summed E-state index contributed by atoms with van der Waals surface area (Å²) in [7, 11) is 0.